The summed E-state index contributed by atoms with van der Waals surface area (Å²) >= 11 is 0. The molecule has 2 N–H and O–H groups in total. The van der Waals surface area contributed by atoms with E-state index in [0.717, 1.165) is 21.1 Å². The molecule has 0 atom stereocenters. The number of benzene rings is 1. The lowest BCUT2D eigenvalue weighted by Gasteiger charge is -2.10. The molecule has 0 radical (unpaired) electrons. The van der Waals surface area contributed by atoms with Crippen LogP contribution in [0.2, 0.25) is 0 Å². The number of hydrogen-bond donors (Lipinski definition) is 2. The van der Waals surface area contributed by atoms with Gasteiger partial charge in [-0.15, -0.1) is 0 Å². The van der Waals surface area contributed by atoms with Crippen LogP contribution in [0.3, 0.4) is 0 Å². The first kappa shape index (κ1) is 19.5. The van der Waals surface area contributed by atoms with Crippen LogP contribution in [0.25, 0.3) is 22.2 Å². The third kappa shape index (κ3) is 4.43. The summed E-state index contributed by atoms with van der Waals surface area (Å²) < 4.78 is 38.5. The third-order valence-corrected chi connectivity index (χ3v) is 4.39. The van der Waals surface area contributed by atoms with Crippen molar-refractivity contribution in [1.82, 2.24) is 19.7 Å². The highest BCUT2D eigenvalue weighted by Gasteiger charge is 2.28. The van der Waals surface area contributed by atoms with E-state index < -0.39 is 12.7 Å². The number of pyridine rings is 2. The molecule has 30 heavy (non-hydrogen) atoms. The largest absolute Gasteiger partial charge is 0.408 e. The Morgan fingerprint density at radius 3 is 2.80 bits per heavy atom. The number of hydrogen-bond acceptors (Lipinski definition) is 6. The minimum absolute atomic E-state index is 0.323. The fourth-order valence-electron chi connectivity index (χ4n) is 3.02. The van der Waals surface area contributed by atoms with Crippen molar-refractivity contribution in [2.24, 2.45) is 5.11 Å². The van der Waals surface area contributed by atoms with E-state index in [1.807, 2.05) is 30.3 Å². The van der Waals surface area contributed by atoms with Crippen LogP contribution >= 0.6 is 0 Å². The Morgan fingerprint density at radius 2 is 2.00 bits per heavy atom. The summed E-state index contributed by atoms with van der Waals surface area (Å²) in [7, 11) is 0. The summed E-state index contributed by atoms with van der Waals surface area (Å²) in [5.41, 5.74) is 10.4. The lowest BCUT2D eigenvalue weighted by Crippen LogP contribution is -2.17. The molecular weight excluding hydrogens is 395 g/mol. The van der Waals surface area contributed by atoms with Crippen LogP contribution in [-0.4, -0.2) is 25.9 Å². The zero-order valence-electron chi connectivity index (χ0n) is 15.6. The van der Waals surface area contributed by atoms with Gasteiger partial charge >= 0.3 is 6.18 Å². The van der Waals surface area contributed by atoms with E-state index in [4.69, 9.17) is 5.53 Å². The summed E-state index contributed by atoms with van der Waals surface area (Å²) in [6.45, 7) is -0.744. The summed E-state index contributed by atoms with van der Waals surface area (Å²) in [6.07, 6.45) is -0.0134. The van der Waals surface area contributed by atoms with Crippen LogP contribution in [-0.2, 0) is 13.1 Å². The number of anilines is 1. The van der Waals surface area contributed by atoms with Gasteiger partial charge in [-0.2, -0.15) is 23.4 Å². The van der Waals surface area contributed by atoms with Gasteiger partial charge in [-0.05, 0) is 35.9 Å². The summed E-state index contributed by atoms with van der Waals surface area (Å²) in [6, 6.07) is 12.9. The van der Waals surface area contributed by atoms with Crippen LogP contribution in [0.5, 0.6) is 0 Å². The molecule has 1 aromatic carbocycles. The van der Waals surface area contributed by atoms with Gasteiger partial charge in [0.05, 0.1) is 17.4 Å². The number of aromatic nitrogens is 4. The Balaban J connectivity index is 1.56. The molecule has 0 unspecified atom stereocenters. The number of halogens is 3. The van der Waals surface area contributed by atoms with E-state index in [1.54, 1.807) is 18.3 Å². The number of fused-ring (bicyclic) bond motifs is 1. The highest BCUT2D eigenvalue weighted by atomic mass is 19.4. The number of nitrogens with one attached hydrogen (secondary N) is 2. The van der Waals surface area contributed by atoms with Gasteiger partial charge in [0.1, 0.15) is 12.2 Å². The van der Waals surface area contributed by atoms with Crippen LogP contribution < -0.4 is 5.32 Å². The highest BCUT2D eigenvalue weighted by Crippen LogP contribution is 2.28. The fourth-order valence-corrected chi connectivity index (χ4v) is 3.02. The molecule has 0 aliphatic rings. The number of nitrogens with zero attached hydrogens (tertiary/aromatic N) is 5. The quantitative estimate of drug-likeness (QED) is 0.420. The first-order valence-electron chi connectivity index (χ1n) is 8.97. The van der Waals surface area contributed by atoms with Gasteiger partial charge in [0, 0.05) is 29.9 Å². The standard InChI is InChI=1S/C20H16F3N7/c21-20(22,23)12-30-11-15(10-27-30)17-5-6-18(29-24)19(28-17)26-9-13-3-4-16-14(8-13)2-1-7-25-16/h1-8,10-11,24H,9,12H2,(H,26,28). The van der Waals surface area contributed by atoms with Gasteiger partial charge in [0.25, 0.3) is 0 Å². The molecule has 0 saturated carbocycles. The van der Waals surface area contributed by atoms with E-state index in [-0.39, 0.29) is 0 Å². The Hall–Kier alpha value is -3.82. The van der Waals surface area contributed by atoms with Crippen LogP contribution in [0, 0.1) is 5.53 Å². The van der Waals surface area contributed by atoms with Crippen molar-refractivity contribution in [2.75, 3.05) is 5.32 Å². The average Bonchev–Trinajstić information content (AvgIpc) is 3.18. The van der Waals surface area contributed by atoms with Gasteiger partial charge in [0.2, 0.25) is 0 Å². The Morgan fingerprint density at radius 1 is 1.13 bits per heavy atom. The van der Waals surface area contributed by atoms with Crippen LogP contribution in [0.4, 0.5) is 24.7 Å². The van der Waals surface area contributed by atoms with Crippen molar-refractivity contribution in [3.05, 3.63) is 66.6 Å². The number of alkyl halides is 3. The van der Waals surface area contributed by atoms with Gasteiger partial charge in [-0.1, -0.05) is 12.1 Å². The monoisotopic (exact) mass is 411 g/mol. The van der Waals surface area contributed by atoms with Crippen molar-refractivity contribution < 1.29 is 13.2 Å². The lowest BCUT2D eigenvalue weighted by molar-refractivity contribution is -0.142. The zero-order chi connectivity index (χ0) is 21.1. The van der Waals surface area contributed by atoms with Gasteiger partial charge in [-0.3, -0.25) is 9.67 Å². The van der Waals surface area contributed by atoms with Crippen molar-refractivity contribution in [1.29, 1.82) is 5.53 Å². The second-order valence-corrected chi connectivity index (χ2v) is 6.60. The van der Waals surface area contributed by atoms with Gasteiger partial charge in [-0.25, -0.2) is 10.5 Å². The first-order valence-corrected chi connectivity index (χ1v) is 8.97. The van der Waals surface area contributed by atoms with Gasteiger partial charge < -0.3 is 5.32 Å². The minimum atomic E-state index is -4.35. The Kier molecular flexibility index (Phi) is 5.13. The molecule has 0 fully saturated rings. The third-order valence-electron chi connectivity index (χ3n) is 4.39. The van der Waals surface area contributed by atoms with Crippen molar-refractivity contribution >= 4 is 22.4 Å². The Bertz CT molecular complexity index is 1200. The van der Waals surface area contributed by atoms with Crippen molar-refractivity contribution in [2.45, 2.75) is 19.3 Å². The second kappa shape index (κ2) is 7.90. The first-order chi connectivity index (χ1) is 14.4. The number of rotatable bonds is 6. The molecule has 10 heteroatoms. The maximum Gasteiger partial charge on any atom is 0.408 e. The molecule has 152 valence electrons. The van der Waals surface area contributed by atoms with Crippen LogP contribution in [0.1, 0.15) is 5.56 Å². The van der Waals surface area contributed by atoms with E-state index in [0.29, 0.717) is 29.3 Å². The summed E-state index contributed by atoms with van der Waals surface area (Å²) in [5.74, 6) is 0.359. The maximum atomic E-state index is 12.6. The normalized spacial score (nSPS) is 11.6. The molecule has 7 nitrogen and oxygen atoms in total. The van der Waals surface area contributed by atoms with E-state index in [2.05, 4.69) is 25.5 Å². The predicted octanol–water partition coefficient (Wildman–Crippen LogP) is 5.33. The molecule has 0 saturated heterocycles. The average molecular weight is 411 g/mol. The predicted molar refractivity (Wildman–Crippen MR) is 105 cm³/mol. The molecular formula is C20H16F3N7. The maximum absolute atomic E-state index is 12.6. The van der Waals surface area contributed by atoms with E-state index in [1.165, 1.54) is 12.4 Å². The lowest BCUT2D eigenvalue weighted by atomic mass is 10.1. The molecule has 4 aromatic rings. The van der Waals surface area contributed by atoms with Gasteiger partial charge in [0.15, 0.2) is 5.82 Å². The van der Waals surface area contributed by atoms with Crippen molar-refractivity contribution in [3.63, 3.8) is 0 Å². The SMILES string of the molecule is N=Nc1ccc(-c2cnn(CC(F)(F)F)c2)nc1NCc1ccc2ncccc2c1. The Labute approximate surface area is 169 Å². The smallest absolute Gasteiger partial charge is 0.364 e. The summed E-state index contributed by atoms with van der Waals surface area (Å²) in [4.78, 5) is 8.72. The molecule has 3 heterocycles. The molecule has 0 aliphatic heterocycles. The molecule has 0 bridgehead atoms. The highest BCUT2D eigenvalue weighted by molar-refractivity contribution is 5.79. The van der Waals surface area contributed by atoms with Crippen molar-refractivity contribution in [3.8, 4) is 11.3 Å². The topological polar surface area (TPSA) is 91.8 Å². The molecule has 4 rings (SSSR count). The molecule has 0 aliphatic carbocycles. The van der Waals surface area contributed by atoms with Crippen LogP contribution in [0.15, 0.2) is 66.2 Å². The molecule has 0 amide bonds. The molecule has 0 spiro atoms. The van der Waals surface area contributed by atoms with E-state index >= 15 is 0 Å². The van der Waals surface area contributed by atoms with E-state index in [9.17, 15) is 13.2 Å². The zero-order valence-corrected chi connectivity index (χ0v) is 15.6. The summed E-state index contributed by atoms with van der Waals surface area (Å²) in [5, 5.41) is 11.4. The second-order valence-electron chi connectivity index (χ2n) is 6.60. The molecule has 3 aromatic heterocycles. The fraction of sp³-hybridized carbons (Fsp3) is 0.150. The minimum Gasteiger partial charge on any atom is -0.364 e.